The molecule has 0 radical (unpaired) electrons. The van der Waals surface area contributed by atoms with Crippen LogP contribution in [0.1, 0.15) is 46.0 Å². The Labute approximate surface area is 175 Å². The van der Waals surface area contributed by atoms with Crippen molar-refractivity contribution < 1.29 is 24.2 Å². The zero-order valence-electron chi connectivity index (χ0n) is 17.2. The summed E-state index contributed by atoms with van der Waals surface area (Å²) < 4.78 is 5.09. The van der Waals surface area contributed by atoms with E-state index in [4.69, 9.17) is 4.74 Å². The van der Waals surface area contributed by atoms with Crippen molar-refractivity contribution in [1.82, 2.24) is 0 Å². The molecule has 1 fully saturated rings. The normalized spacial score (nSPS) is 14.3. The molecule has 2 aromatic carbocycles. The maximum Gasteiger partial charge on any atom is 0.337 e. The predicted octanol–water partition coefficient (Wildman–Crippen LogP) is 3.73. The number of nitrogens with one attached hydrogen (secondary N) is 1. The second-order valence-electron chi connectivity index (χ2n) is 7.37. The summed E-state index contributed by atoms with van der Waals surface area (Å²) in [5.41, 5.74) is 2.60. The first-order valence-electron chi connectivity index (χ1n) is 10.1. The zero-order chi connectivity index (χ0) is 21.7. The molecule has 1 aliphatic heterocycles. The highest BCUT2D eigenvalue weighted by Gasteiger charge is 2.28. The highest BCUT2D eigenvalue weighted by Crippen LogP contribution is 2.29. The standard InChI is InChI=1S/C23H26N2O5/c1-3-30-23(29)16-9-11-25(12-10-16)20-8-7-18(14-19(20)22(27)28)24-21(26)17-6-4-5-15(2)13-17/h4-8,13-14,16H,3,9-12H2,1-2H3,(H,24,26)(H,27,28). The van der Waals surface area contributed by atoms with Gasteiger partial charge in [0.25, 0.3) is 5.91 Å². The monoisotopic (exact) mass is 410 g/mol. The van der Waals surface area contributed by atoms with E-state index in [-0.39, 0.29) is 23.4 Å². The van der Waals surface area contributed by atoms with E-state index in [2.05, 4.69) is 5.32 Å². The van der Waals surface area contributed by atoms with Crippen LogP contribution in [0.4, 0.5) is 11.4 Å². The first-order valence-corrected chi connectivity index (χ1v) is 10.1. The van der Waals surface area contributed by atoms with Crippen LogP contribution >= 0.6 is 0 Å². The Morgan fingerprint density at radius 1 is 1.13 bits per heavy atom. The van der Waals surface area contributed by atoms with Crippen molar-refractivity contribution in [2.24, 2.45) is 5.92 Å². The van der Waals surface area contributed by atoms with Gasteiger partial charge in [-0.05, 0) is 57.0 Å². The van der Waals surface area contributed by atoms with E-state index in [1.807, 2.05) is 17.9 Å². The molecular formula is C23H26N2O5. The summed E-state index contributed by atoms with van der Waals surface area (Å²) in [5, 5.41) is 12.5. The Morgan fingerprint density at radius 3 is 2.50 bits per heavy atom. The number of aromatic carboxylic acids is 1. The minimum Gasteiger partial charge on any atom is -0.478 e. The number of carbonyl (C=O) groups is 3. The number of carboxylic acids is 1. The van der Waals surface area contributed by atoms with E-state index in [9.17, 15) is 19.5 Å². The number of aryl methyl sites for hydroxylation is 1. The van der Waals surface area contributed by atoms with E-state index in [1.54, 1.807) is 37.3 Å². The number of carboxylic acid groups (broad SMARTS) is 1. The minimum absolute atomic E-state index is 0.117. The Balaban J connectivity index is 1.74. The number of anilines is 2. The van der Waals surface area contributed by atoms with Gasteiger partial charge in [-0.15, -0.1) is 0 Å². The first-order chi connectivity index (χ1) is 14.4. The fourth-order valence-electron chi connectivity index (χ4n) is 3.67. The number of hydrogen-bond donors (Lipinski definition) is 2. The first kappa shape index (κ1) is 21.4. The molecule has 7 heteroatoms. The van der Waals surface area contributed by atoms with Crippen LogP contribution < -0.4 is 10.2 Å². The summed E-state index contributed by atoms with van der Waals surface area (Å²) in [5.74, 6) is -1.70. The molecule has 1 amide bonds. The molecule has 0 unspecified atom stereocenters. The lowest BCUT2D eigenvalue weighted by molar-refractivity contribution is -0.148. The summed E-state index contributed by atoms with van der Waals surface area (Å²) in [6.07, 6.45) is 1.23. The van der Waals surface area contributed by atoms with Crippen molar-refractivity contribution in [3.8, 4) is 0 Å². The van der Waals surface area contributed by atoms with Crippen molar-refractivity contribution >= 4 is 29.2 Å². The highest BCUT2D eigenvalue weighted by atomic mass is 16.5. The molecule has 1 aliphatic rings. The van der Waals surface area contributed by atoms with Gasteiger partial charge in [0.1, 0.15) is 0 Å². The molecule has 158 valence electrons. The number of amides is 1. The predicted molar refractivity (Wildman–Crippen MR) is 114 cm³/mol. The molecule has 1 saturated heterocycles. The maximum atomic E-state index is 12.5. The molecule has 7 nitrogen and oxygen atoms in total. The van der Waals surface area contributed by atoms with E-state index in [1.165, 1.54) is 6.07 Å². The Hall–Kier alpha value is -3.35. The molecule has 30 heavy (non-hydrogen) atoms. The van der Waals surface area contributed by atoms with Crippen molar-refractivity contribution in [3.05, 3.63) is 59.2 Å². The second-order valence-corrected chi connectivity index (χ2v) is 7.37. The van der Waals surface area contributed by atoms with Crippen LogP contribution in [0.5, 0.6) is 0 Å². The largest absolute Gasteiger partial charge is 0.478 e. The van der Waals surface area contributed by atoms with Gasteiger partial charge < -0.3 is 20.1 Å². The number of ether oxygens (including phenoxy) is 1. The van der Waals surface area contributed by atoms with E-state index >= 15 is 0 Å². The third kappa shape index (κ3) is 4.97. The van der Waals surface area contributed by atoms with Gasteiger partial charge >= 0.3 is 11.9 Å². The molecular weight excluding hydrogens is 384 g/mol. The summed E-state index contributed by atoms with van der Waals surface area (Å²) in [6, 6.07) is 12.1. The molecule has 0 bridgehead atoms. The zero-order valence-corrected chi connectivity index (χ0v) is 17.2. The number of piperidine rings is 1. The quantitative estimate of drug-likeness (QED) is 0.705. The fraction of sp³-hybridized carbons (Fsp3) is 0.348. The molecule has 2 aromatic rings. The third-order valence-electron chi connectivity index (χ3n) is 5.22. The summed E-state index contributed by atoms with van der Waals surface area (Å²) >= 11 is 0. The summed E-state index contributed by atoms with van der Waals surface area (Å²) in [4.78, 5) is 38.2. The van der Waals surface area contributed by atoms with Crippen LogP contribution in [0.25, 0.3) is 0 Å². The topological polar surface area (TPSA) is 95.9 Å². The maximum absolute atomic E-state index is 12.5. The summed E-state index contributed by atoms with van der Waals surface area (Å²) in [6.45, 7) is 5.18. The van der Waals surface area contributed by atoms with Gasteiger partial charge in [-0.2, -0.15) is 0 Å². The molecule has 0 spiro atoms. The van der Waals surface area contributed by atoms with Gasteiger partial charge in [-0.25, -0.2) is 4.79 Å². The average Bonchev–Trinajstić information content (AvgIpc) is 2.74. The lowest BCUT2D eigenvalue weighted by Crippen LogP contribution is -2.37. The van der Waals surface area contributed by atoms with Crippen LogP contribution in [-0.2, 0) is 9.53 Å². The van der Waals surface area contributed by atoms with Crippen molar-refractivity contribution in [3.63, 3.8) is 0 Å². The van der Waals surface area contributed by atoms with E-state index in [0.29, 0.717) is 49.5 Å². The molecule has 0 aliphatic carbocycles. The smallest absolute Gasteiger partial charge is 0.337 e. The van der Waals surface area contributed by atoms with Gasteiger partial charge in [-0.1, -0.05) is 17.7 Å². The van der Waals surface area contributed by atoms with Crippen LogP contribution in [0.3, 0.4) is 0 Å². The molecule has 1 heterocycles. The number of benzene rings is 2. The van der Waals surface area contributed by atoms with Crippen LogP contribution in [0.15, 0.2) is 42.5 Å². The molecule has 0 aromatic heterocycles. The van der Waals surface area contributed by atoms with Crippen molar-refractivity contribution in [2.45, 2.75) is 26.7 Å². The van der Waals surface area contributed by atoms with E-state index < -0.39 is 5.97 Å². The van der Waals surface area contributed by atoms with Gasteiger partial charge in [0.05, 0.1) is 23.8 Å². The SMILES string of the molecule is CCOC(=O)C1CCN(c2ccc(NC(=O)c3cccc(C)c3)cc2C(=O)O)CC1. The summed E-state index contributed by atoms with van der Waals surface area (Å²) in [7, 11) is 0. The minimum atomic E-state index is -1.07. The van der Waals surface area contributed by atoms with Crippen molar-refractivity contribution in [1.29, 1.82) is 0 Å². The molecule has 0 saturated carbocycles. The van der Waals surface area contributed by atoms with Gasteiger partial charge in [0.15, 0.2) is 0 Å². The van der Waals surface area contributed by atoms with E-state index in [0.717, 1.165) is 5.56 Å². The number of rotatable bonds is 6. The number of esters is 1. The van der Waals surface area contributed by atoms with Crippen LogP contribution in [0.2, 0.25) is 0 Å². The van der Waals surface area contributed by atoms with Gasteiger partial charge in [-0.3, -0.25) is 9.59 Å². The van der Waals surface area contributed by atoms with Gasteiger partial charge in [0.2, 0.25) is 0 Å². The third-order valence-corrected chi connectivity index (χ3v) is 5.22. The lowest BCUT2D eigenvalue weighted by atomic mass is 9.96. The molecule has 3 rings (SSSR count). The highest BCUT2D eigenvalue weighted by molar-refractivity contribution is 6.05. The molecule has 0 atom stereocenters. The average molecular weight is 410 g/mol. The van der Waals surface area contributed by atoms with Crippen LogP contribution in [0, 0.1) is 12.8 Å². The van der Waals surface area contributed by atoms with Gasteiger partial charge in [0, 0.05) is 24.3 Å². The Bertz CT molecular complexity index is 948. The lowest BCUT2D eigenvalue weighted by Gasteiger charge is -2.33. The number of carbonyl (C=O) groups excluding carboxylic acids is 2. The number of hydrogen-bond acceptors (Lipinski definition) is 5. The Kier molecular flexibility index (Phi) is 6.72. The Morgan fingerprint density at radius 2 is 1.87 bits per heavy atom. The molecule has 2 N–H and O–H groups in total. The fourth-order valence-corrected chi connectivity index (χ4v) is 3.67. The van der Waals surface area contributed by atoms with Crippen LogP contribution in [-0.4, -0.2) is 42.6 Å². The number of nitrogens with zero attached hydrogens (tertiary/aromatic N) is 1. The van der Waals surface area contributed by atoms with Crippen molar-refractivity contribution in [2.75, 3.05) is 29.9 Å². The second kappa shape index (κ2) is 9.43.